The Hall–Kier alpha value is -3.90. The topological polar surface area (TPSA) is 105 Å². The summed E-state index contributed by atoms with van der Waals surface area (Å²) in [4.78, 5) is 17.8. The summed E-state index contributed by atoms with van der Waals surface area (Å²) >= 11 is 3.29. The highest BCUT2D eigenvalue weighted by Crippen LogP contribution is 2.39. The van der Waals surface area contributed by atoms with Crippen molar-refractivity contribution >= 4 is 57.2 Å². The van der Waals surface area contributed by atoms with Gasteiger partial charge in [0, 0.05) is 35.8 Å². The zero-order valence-electron chi connectivity index (χ0n) is 26.7. The van der Waals surface area contributed by atoms with Gasteiger partial charge in [0.15, 0.2) is 6.79 Å². The standard InChI is InChI=1S/C18H23N3OSSi.C16H16N2O2S/c1-18(2,3)24(4,5)22-13-7-8-14-15(10-13)23-17(21-14)12-6-9-16(19)20-11-12;1-3-19-10-20-13-6-7-14-15(8-13)21-16(18-14)12-5-4-11(2)17-9-12/h6-11H,1-5H3,(H2,19,20);4-9H,3,10H2,1-2H3. The van der Waals surface area contributed by atoms with E-state index in [1.54, 1.807) is 34.9 Å². The molecule has 6 aromatic rings. The number of nitrogen functional groups attached to an aromatic ring is 1. The Bertz CT molecular complexity index is 1880. The van der Waals surface area contributed by atoms with E-state index in [9.17, 15) is 0 Å². The molecule has 0 bridgehead atoms. The molecule has 234 valence electrons. The highest BCUT2D eigenvalue weighted by atomic mass is 32.1. The fraction of sp³-hybridized carbons (Fsp3) is 0.294. The Morgan fingerprint density at radius 1 is 0.778 bits per heavy atom. The van der Waals surface area contributed by atoms with Crippen molar-refractivity contribution in [1.29, 1.82) is 0 Å². The summed E-state index contributed by atoms with van der Waals surface area (Å²) in [5.41, 5.74) is 10.6. The number of pyridine rings is 2. The molecule has 0 saturated heterocycles. The van der Waals surface area contributed by atoms with Crippen molar-refractivity contribution in [2.75, 3.05) is 19.1 Å². The van der Waals surface area contributed by atoms with Crippen molar-refractivity contribution in [2.45, 2.75) is 52.8 Å². The summed E-state index contributed by atoms with van der Waals surface area (Å²) in [6.07, 6.45) is 3.62. The third-order valence-corrected chi connectivity index (χ3v) is 14.1. The smallest absolute Gasteiger partial charge is 0.250 e. The number of hydrogen-bond acceptors (Lipinski definition) is 10. The first kappa shape index (κ1) is 32.5. The van der Waals surface area contributed by atoms with Crippen LogP contribution in [0.1, 0.15) is 33.4 Å². The van der Waals surface area contributed by atoms with Gasteiger partial charge in [-0.25, -0.2) is 15.0 Å². The lowest BCUT2D eigenvalue weighted by Crippen LogP contribution is -2.43. The number of hydrogen-bond donors (Lipinski definition) is 1. The molecule has 8 nitrogen and oxygen atoms in total. The van der Waals surface area contributed by atoms with E-state index in [-0.39, 0.29) is 11.8 Å². The van der Waals surface area contributed by atoms with Crippen LogP contribution in [0.15, 0.2) is 73.1 Å². The molecule has 0 aliphatic heterocycles. The van der Waals surface area contributed by atoms with E-state index in [1.807, 2.05) is 68.6 Å². The fourth-order valence-corrected chi connectivity index (χ4v) is 6.97. The van der Waals surface area contributed by atoms with Crippen molar-refractivity contribution in [1.82, 2.24) is 19.9 Å². The van der Waals surface area contributed by atoms with Gasteiger partial charge in [0.1, 0.15) is 27.3 Å². The van der Waals surface area contributed by atoms with Crippen LogP contribution in [0.4, 0.5) is 5.82 Å². The monoisotopic (exact) mass is 657 g/mol. The lowest BCUT2D eigenvalue weighted by molar-refractivity contribution is 0.0225. The molecule has 0 aliphatic carbocycles. The predicted molar refractivity (Wildman–Crippen MR) is 190 cm³/mol. The molecular formula is C34H39N5O3S2Si. The largest absolute Gasteiger partial charge is 0.543 e. The lowest BCUT2D eigenvalue weighted by Gasteiger charge is -2.36. The number of rotatable bonds is 8. The molecule has 0 atom stereocenters. The minimum Gasteiger partial charge on any atom is -0.543 e. The van der Waals surface area contributed by atoms with Crippen molar-refractivity contribution in [3.05, 3.63) is 78.8 Å². The molecular weight excluding hydrogens is 619 g/mol. The van der Waals surface area contributed by atoms with Gasteiger partial charge in [-0.05, 0) is 92.6 Å². The summed E-state index contributed by atoms with van der Waals surface area (Å²) in [6, 6.07) is 19.8. The minimum absolute atomic E-state index is 0.177. The van der Waals surface area contributed by atoms with Gasteiger partial charge in [-0.2, -0.15) is 0 Å². The molecule has 45 heavy (non-hydrogen) atoms. The van der Waals surface area contributed by atoms with Gasteiger partial charge in [-0.1, -0.05) is 20.8 Å². The first-order valence-corrected chi connectivity index (χ1v) is 19.3. The molecule has 0 amide bonds. The second kappa shape index (κ2) is 13.6. The molecule has 2 aromatic carbocycles. The van der Waals surface area contributed by atoms with Gasteiger partial charge in [0.25, 0.3) is 0 Å². The molecule has 0 saturated carbocycles. The van der Waals surface area contributed by atoms with Crippen LogP contribution in [0, 0.1) is 6.92 Å². The average molecular weight is 658 g/mol. The normalized spacial score (nSPS) is 11.8. The SMILES string of the molecule is CC(C)(C)[Si](C)(C)Oc1ccc2nc(-c3ccc(N)nc3)sc2c1.CCOCOc1ccc2nc(-c3ccc(C)nc3)sc2c1. The van der Waals surface area contributed by atoms with Gasteiger partial charge in [-0.3, -0.25) is 4.98 Å². The number of benzene rings is 2. The maximum atomic E-state index is 6.39. The van der Waals surface area contributed by atoms with E-state index in [1.165, 1.54) is 0 Å². The van der Waals surface area contributed by atoms with E-state index >= 15 is 0 Å². The van der Waals surface area contributed by atoms with Crippen molar-refractivity contribution in [3.63, 3.8) is 0 Å². The number of nitrogens with two attached hydrogens (primary N) is 1. The molecule has 0 fully saturated rings. The molecule has 0 aliphatic rings. The van der Waals surface area contributed by atoms with Gasteiger partial charge in [0.05, 0.1) is 20.4 Å². The lowest BCUT2D eigenvalue weighted by atomic mass is 10.2. The van der Waals surface area contributed by atoms with Crippen LogP contribution >= 0.6 is 22.7 Å². The minimum atomic E-state index is -1.84. The van der Waals surface area contributed by atoms with Crippen LogP contribution in [-0.4, -0.2) is 41.7 Å². The maximum Gasteiger partial charge on any atom is 0.250 e. The van der Waals surface area contributed by atoms with E-state index in [4.69, 9.17) is 24.6 Å². The Morgan fingerprint density at radius 3 is 1.89 bits per heavy atom. The van der Waals surface area contributed by atoms with Crippen molar-refractivity contribution < 1.29 is 13.9 Å². The fourth-order valence-electron chi connectivity index (χ4n) is 3.98. The van der Waals surface area contributed by atoms with Crippen LogP contribution in [0.2, 0.25) is 18.1 Å². The van der Waals surface area contributed by atoms with Crippen LogP contribution < -0.4 is 14.9 Å². The summed E-state index contributed by atoms with van der Waals surface area (Å²) in [5, 5.41) is 2.10. The first-order chi connectivity index (χ1) is 21.4. The molecule has 4 aromatic heterocycles. The van der Waals surface area contributed by atoms with E-state index < -0.39 is 8.32 Å². The third kappa shape index (κ3) is 8.04. The number of thiazole rings is 2. The number of nitrogens with zero attached hydrogens (tertiary/aromatic N) is 4. The average Bonchev–Trinajstić information content (AvgIpc) is 3.62. The van der Waals surface area contributed by atoms with Crippen LogP contribution in [-0.2, 0) is 4.74 Å². The summed E-state index contributed by atoms with van der Waals surface area (Å²) < 4.78 is 19.3. The number of anilines is 1. The molecule has 4 heterocycles. The summed E-state index contributed by atoms with van der Waals surface area (Å²) in [6.45, 7) is 16.1. The summed E-state index contributed by atoms with van der Waals surface area (Å²) in [7, 11) is -1.84. The third-order valence-electron chi connectivity index (χ3n) is 7.60. The van der Waals surface area contributed by atoms with Crippen LogP contribution in [0.25, 0.3) is 41.6 Å². The van der Waals surface area contributed by atoms with E-state index in [2.05, 4.69) is 54.9 Å². The highest BCUT2D eigenvalue weighted by molar-refractivity contribution is 7.22. The van der Waals surface area contributed by atoms with Gasteiger partial charge < -0.3 is 19.6 Å². The van der Waals surface area contributed by atoms with Crippen molar-refractivity contribution in [3.8, 4) is 32.6 Å². The molecule has 0 unspecified atom stereocenters. The highest BCUT2D eigenvalue weighted by Gasteiger charge is 2.39. The summed E-state index contributed by atoms with van der Waals surface area (Å²) in [5.74, 6) is 2.25. The number of aromatic nitrogens is 4. The van der Waals surface area contributed by atoms with Gasteiger partial charge in [-0.15, -0.1) is 22.7 Å². The Balaban J connectivity index is 0.000000179. The zero-order valence-corrected chi connectivity index (χ0v) is 29.4. The number of ether oxygens (including phenoxy) is 2. The molecule has 2 N–H and O–H groups in total. The number of aryl methyl sites for hydroxylation is 1. The van der Waals surface area contributed by atoms with E-state index in [0.29, 0.717) is 12.4 Å². The van der Waals surface area contributed by atoms with Crippen LogP contribution in [0.3, 0.4) is 0 Å². The maximum absolute atomic E-state index is 6.39. The zero-order chi connectivity index (χ0) is 32.2. The van der Waals surface area contributed by atoms with E-state index in [0.717, 1.165) is 58.8 Å². The van der Waals surface area contributed by atoms with Crippen LogP contribution in [0.5, 0.6) is 11.5 Å². The van der Waals surface area contributed by atoms with Crippen molar-refractivity contribution in [2.24, 2.45) is 0 Å². The Morgan fingerprint density at radius 2 is 1.36 bits per heavy atom. The Kier molecular flexibility index (Phi) is 9.83. The predicted octanol–water partition coefficient (Wildman–Crippen LogP) is 9.36. The molecule has 0 spiro atoms. The van der Waals surface area contributed by atoms with Gasteiger partial charge >= 0.3 is 0 Å². The second-order valence-electron chi connectivity index (χ2n) is 12.1. The van der Waals surface area contributed by atoms with Gasteiger partial charge in [0.2, 0.25) is 8.32 Å². The second-order valence-corrected chi connectivity index (χ2v) is 18.9. The first-order valence-electron chi connectivity index (χ1n) is 14.8. The quantitative estimate of drug-likeness (QED) is 0.0981. The Labute approximate surface area is 273 Å². The molecule has 6 rings (SSSR count). The number of fused-ring (bicyclic) bond motifs is 2. The molecule has 11 heteroatoms. The molecule has 0 radical (unpaired) electrons.